The van der Waals surface area contributed by atoms with Gasteiger partial charge in [-0.15, -0.1) is 24.8 Å². The lowest BCUT2D eigenvalue weighted by Crippen LogP contribution is -2.10. The van der Waals surface area contributed by atoms with Crippen molar-refractivity contribution in [1.82, 2.24) is 4.98 Å². The summed E-state index contributed by atoms with van der Waals surface area (Å²) in [6.45, 7) is 3.13. The van der Waals surface area contributed by atoms with Crippen LogP contribution in [0.3, 0.4) is 0 Å². The van der Waals surface area contributed by atoms with Crippen LogP contribution in [0.5, 0.6) is 5.75 Å². The minimum absolute atomic E-state index is 0. The predicted octanol–water partition coefficient (Wildman–Crippen LogP) is 2.66. The number of rotatable bonds is 3. The molecule has 0 amide bonds. The van der Waals surface area contributed by atoms with Crippen LogP contribution in [-0.2, 0) is 0 Å². The molecule has 0 spiro atoms. The van der Waals surface area contributed by atoms with Crippen LogP contribution < -0.4 is 10.5 Å². The van der Waals surface area contributed by atoms with Gasteiger partial charge in [0.1, 0.15) is 12.4 Å². The molecule has 3 N–H and O–H groups in total. The number of fused-ring (bicyclic) bond motifs is 1. The quantitative estimate of drug-likeness (QED) is 0.894. The van der Waals surface area contributed by atoms with Gasteiger partial charge in [-0.1, -0.05) is 6.07 Å². The van der Waals surface area contributed by atoms with Crippen molar-refractivity contribution in [2.45, 2.75) is 6.92 Å². The topological polar surface area (TPSA) is 51.0 Å². The third-order valence-corrected chi connectivity index (χ3v) is 2.13. The summed E-state index contributed by atoms with van der Waals surface area (Å²) in [5, 5.41) is 1.12. The van der Waals surface area contributed by atoms with E-state index in [1.807, 2.05) is 25.1 Å². The lowest BCUT2D eigenvalue weighted by molar-refractivity contribution is 0.332. The van der Waals surface area contributed by atoms with Gasteiger partial charge in [-0.05, 0) is 25.1 Å². The maximum Gasteiger partial charge on any atom is 0.128 e. The maximum atomic E-state index is 5.54. The van der Waals surface area contributed by atoms with Crippen LogP contribution in [0.2, 0.25) is 0 Å². The Morgan fingerprint density at radius 1 is 1.31 bits per heavy atom. The molecule has 90 valence electrons. The summed E-state index contributed by atoms with van der Waals surface area (Å²) >= 11 is 0. The molecule has 0 radical (unpaired) electrons. The van der Waals surface area contributed by atoms with Gasteiger partial charge in [-0.3, -0.25) is 0 Å². The van der Waals surface area contributed by atoms with Crippen LogP contribution in [0.1, 0.15) is 5.69 Å². The zero-order chi connectivity index (χ0) is 9.97. The minimum Gasteiger partial charge on any atom is -0.492 e. The van der Waals surface area contributed by atoms with Gasteiger partial charge in [0.2, 0.25) is 0 Å². The highest BCUT2D eigenvalue weighted by Gasteiger charge is 2.03. The van der Waals surface area contributed by atoms with E-state index in [4.69, 9.17) is 10.5 Å². The lowest BCUT2D eigenvalue weighted by Gasteiger charge is -2.04. The fraction of sp³-hybridized carbons (Fsp3) is 0.273. The van der Waals surface area contributed by atoms with Crippen molar-refractivity contribution in [1.29, 1.82) is 0 Å². The highest BCUT2D eigenvalue weighted by molar-refractivity contribution is 5.86. The zero-order valence-electron chi connectivity index (χ0n) is 9.03. The summed E-state index contributed by atoms with van der Waals surface area (Å²) in [5.74, 6) is 0.900. The number of nitrogens with two attached hydrogens (primary N) is 1. The summed E-state index contributed by atoms with van der Waals surface area (Å²) in [5.41, 5.74) is 7.64. The van der Waals surface area contributed by atoms with Gasteiger partial charge < -0.3 is 15.5 Å². The van der Waals surface area contributed by atoms with Crippen molar-refractivity contribution >= 4 is 35.7 Å². The summed E-state index contributed by atoms with van der Waals surface area (Å²) in [6, 6.07) is 8.06. The molecule has 0 fully saturated rings. The Morgan fingerprint density at radius 3 is 2.75 bits per heavy atom. The number of benzene rings is 1. The van der Waals surface area contributed by atoms with Crippen LogP contribution in [0.15, 0.2) is 24.3 Å². The molecule has 2 aromatic rings. The molecule has 16 heavy (non-hydrogen) atoms. The number of hydrogen-bond acceptors (Lipinski definition) is 2. The van der Waals surface area contributed by atoms with Crippen LogP contribution >= 0.6 is 24.8 Å². The van der Waals surface area contributed by atoms with Crippen LogP contribution in [0, 0.1) is 6.92 Å². The van der Waals surface area contributed by atoms with Gasteiger partial charge in [-0.2, -0.15) is 0 Å². The Balaban J connectivity index is 0.00000112. The monoisotopic (exact) mass is 262 g/mol. The molecule has 2 rings (SSSR count). The first-order chi connectivity index (χ1) is 6.81. The van der Waals surface area contributed by atoms with Crippen molar-refractivity contribution in [3.8, 4) is 5.75 Å². The molecule has 0 atom stereocenters. The van der Waals surface area contributed by atoms with Gasteiger partial charge in [-0.25, -0.2) is 0 Å². The summed E-state index contributed by atoms with van der Waals surface area (Å²) < 4.78 is 5.54. The van der Waals surface area contributed by atoms with Crippen molar-refractivity contribution in [3.05, 3.63) is 30.0 Å². The molecule has 0 saturated heterocycles. The fourth-order valence-electron chi connectivity index (χ4n) is 1.56. The molecule has 0 aliphatic carbocycles. The molecule has 0 bridgehead atoms. The van der Waals surface area contributed by atoms with Gasteiger partial charge >= 0.3 is 0 Å². The van der Waals surface area contributed by atoms with E-state index < -0.39 is 0 Å². The van der Waals surface area contributed by atoms with E-state index in [1.54, 1.807) is 0 Å². The summed E-state index contributed by atoms with van der Waals surface area (Å²) in [7, 11) is 0. The molecular formula is C11H16Cl2N2O. The van der Waals surface area contributed by atoms with E-state index >= 15 is 0 Å². The Bertz CT molecular complexity index is 442. The largest absolute Gasteiger partial charge is 0.492 e. The van der Waals surface area contributed by atoms with Crippen molar-refractivity contribution in [2.24, 2.45) is 5.73 Å². The number of H-pyrrole nitrogens is 1. The smallest absolute Gasteiger partial charge is 0.128 e. The molecule has 3 nitrogen and oxygen atoms in total. The summed E-state index contributed by atoms with van der Waals surface area (Å²) in [6.07, 6.45) is 0. The molecule has 1 aromatic heterocycles. The number of halogens is 2. The third kappa shape index (κ3) is 3.04. The normalized spacial score (nSPS) is 9.38. The fourth-order valence-corrected chi connectivity index (χ4v) is 1.56. The number of aromatic nitrogens is 1. The van der Waals surface area contributed by atoms with Crippen molar-refractivity contribution < 1.29 is 4.74 Å². The Hall–Kier alpha value is -0.900. The third-order valence-electron chi connectivity index (χ3n) is 2.13. The summed E-state index contributed by atoms with van der Waals surface area (Å²) in [4.78, 5) is 3.26. The highest BCUT2D eigenvalue weighted by Crippen LogP contribution is 2.25. The average Bonchev–Trinajstić information content (AvgIpc) is 2.55. The predicted molar refractivity (Wildman–Crippen MR) is 72.1 cm³/mol. The van der Waals surface area contributed by atoms with E-state index in [-0.39, 0.29) is 24.8 Å². The highest BCUT2D eigenvalue weighted by atomic mass is 35.5. The Morgan fingerprint density at radius 2 is 2.06 bits per heavy atom. The van der Waals surface area contributed by atoms with Crippen molar-refractivity contribution in [2.75, 3.05) is 13.2 Å². The van der Waals surface area contributed by atoms with E-state index in [0.29, 0.717) is 13.2 Å². The van der Waals surface area contributed by atoms with Crippen LogP contribution in [0.25, 0.3) is 10.9 Å². The molecule has 0 aliphatic rings. The number of hydrogen-bond donors (Lipinski definition) is 2. The molecule has 5 heteroatoms. The van der Waals surface area contributed by atoms with Gasteiger partial charge in [0.25, 0.3) is 0 Å². The Kier molecular flexibility index (Phi) is 6.26. The van der Waals surface area contributed by atoms with Crippen molar-refractivity contribution in [3.63, 3.8) is 0 Å². The first-order valence-electron chi connectivity index (χ1n) is 4.72. The second-order valence-corrected chi connectivity index (χ2v) is 3.31. The zero-order valence-corrected chi connectivity index (χ0v) is 10.7. The molecule has 1 aromatic carbocycles. The van der Waals surface area contributed by atoms with Gasteiger partial charge in [0.05, 0.1) is 0 Å². The lowest BCUT2D eigenvalue weighted by atomic mass is 10.2. The first-order valence-corrected chi connectivity index (χ1v) is 4.72. The van der Waals surface area contributed by atoms with Gasteiger partial charge in [0.15, 0.2) is 0 Å². The molecule has 1 heterocycles. The molecule has 0 aliphatic heterocycles. The van der Waals surface area contributed by atoms with Gasteiger partial charge in [0, 0.05) is 23.1 Å². The minimum atomic E-state index is 0. The number of ether oxygens (including phenoxy) is 1. The Labute approximate surface area is 107 Å². The molecule has 0 unspecified atom stereocenters. The standard InChI is InChI=1S/C11H14N2O.2ClH/c1-8-7-9-10(13-8)3-2-4-11(9)14-6-5-12;;/h2-4,7,13H,5-6,12H2,1H3;2*1H. The number of aromatic amines is 1. The first kappa shape index (κ1) is 15.1. The van der Waals surface area contributed by atoms with E-state index in [9.17, 15) is 0 Å². The second-order valence-electron chi connectivity index (χ2n) is 3.31. The maximum absolute atomic E-state index is 5.54. The van der Waals surface area contributed by atoms with E-state index in [1.165, 1.54) is 0 Å². The number of aryl methyl sites for hydroxylation is 1. The van der Waals surface area contributed by atoms with Crippen LogP contribution in [-0.4, -0.2) is 18.1 Å². The van der Waals surface area contributed by atoms with E-state index in [0.717, 1.165) is 22.3 Å². The second kappa shape index (κ2) is 6.63. The average molecular weight is 263 g/mol. The number of nitrogens with one attached hydrogen (secondary N) is 1. The molecular weight excluding hydrogens is 247 g/mol. The van der Waals surface area contributed by atoms with Crippen LogP contribution in [0.4, 0.5) is 0 Å². The molecule has 0 saturated carbocycles. The van der Waals surface area contributed by atoms with E-state index in [2.05, 4.69) is 11.1 Å². The SMILES string of the molecule is Cc1cc2c(OCCN)cccc2[nH]1.Cl.Cl.